The summed E-state index contributed by atoms with van der Waals surface area (Å²) in [5, 5.41) is 8.83. The third kappa shape index (κ3) is 3.70. The van der Waals surface area contributed by atoms with E-state index in [2.05, 4.69) is 54.9 Å². The van der Waals surface area contributed by atoms with E-state index < -0.39 is 0 Å². The Morgan fingerprint density at radius 2 is 1.90 bits per heavy atom. The topological polar surface area (TPSA) is 49.8 Å². The number of thiophene rings is 1. The summed E-state index contributed by atoms with van der Waals surface area (Å²) in [6, 6.07) is 2.06. The molecule has 2 heterocycles. The Labute approximate surface area is 132 Å². The van der Waals surface area contributed by atoms with E-state index in [1.54, 1.807) is 11.3 Å². The molecule has 0 saturated heterocycles. The molecule has 0 aliphatic rings. The van der Waals surface area contributed by atoms with Crippen LogP contribution in [0.3, 0.4) is 0 Å². The second-order valence-corrected chi connectivity index (χ2v) is 6.42. The highest BCUT2D eigenvalue weighted by atomic mass is 79.9. The Kier molecular flexibility index (Phi) is 5.37. The van der Waals surface area contributed by atoms with Gasteiger partial charge in [0.15, 0.2) is 0 Å². The first-order chi connectivity index (χ1) is 9.61. The van der Waals surface area contributed by atoms with Gasteiger partial charge in [-0.2, -0.15) is 0 Å². The lowest BCUT2D eigenvalue weighted by atomic mass is 10.3. The summed E-state index contributed by atoms with van der Waals surface area (Å²) in [4.78, 5) is 10.2. The van der Waals surface area contributed by atoms with Crippen molar-refractivity contribution in [1.82, 2.24) is 9.97 Å². The largest absolute Gasteiger partial charge is 0.370 e. The lowest BCUT2D eigenvalue weighted by Gasteiger charge is -2.13. The Balaban J connectivity index is 2.14. The zero-order valence-electron chi connectivity index (χ0n) is 12.0. The fourth-order valence-corrected chi connectivity index (χ4v) is 3.26. The smallest absolute Gasteiger partial charge is 0.135 e. The van der Waals surface area contributed by atoms with Gasteiger partial charge in [-0.05, 0) is 47.6 Å². The van der Waals surface area contributed by atoms with Crippen LogP contribution >= 0.6 is 27.3 Å². The minimum atomic E-state index is 0.767. The molecule has 20 heavy (non-hydrogen) atoms. The molecule has 0 saturated carbocycles. The molecule has 2 rings (SSSR count). The van der Waals surface area contributed by atoms with Crippen LogP contribution in [0, 0.1) is 13.8 Å². The zero-order chi connectivity index (χ0) is 14.5. The number of halogens is 1. The molecule has 0 aliphatic heterocycles. The van der Waals surface area contributed by atoms with Gasteiger partial charge >= 0.3 is 0 Å². The summed E-state index contributed by atoms with van der Waals surface area (Å²) in [5.74, 6) is 2.60. The van der Waals surface area contributed by atoms with Crippen LogP contribution in [0.2, 0.25) is 0 Å². The number of aryl methyl sites for hydroxylation is 1. The molecule has 0 fully saturated rings. The highest BCUT2D eigenvalue weighted by Crippen LogP contribution is 2.25. The van der Waals surface area contributed by atoms with E-state index >= 15 is 0 Å². The summed E-state index contributed by atoms with van der Waals surface area (Å²) in [6.07, 6.45) is 1.08. The van der Waals surface area contributed by atoms with Crippen LogP contribution in [0.15, 0.2) is 15.9 Å². The van der Waals surface area contributed by atoms with Gasteiger partial charge in [0.1, 0.15) is 17.5 Å². The van der Waals surface area contributed by atoms with E-state index in [4.69, 9.17) is 0 Å². The average molecular weight is 355 g/mol. The van der Waals surface area contributed by atoms with Crippen LogP contribution in [0.25, 0.3) is 0 Å². The molecule has 0 atom stereocenters. The molecular weight excluding hydrogens is 336 g/mol. The Bertz CT molecular complexity index is 583. The number of hydrogen-bond donors (Lipinski definition) is 2. The third-order valence-electron chi connectivity index (χ3n) is 2.91. The maximum absolute atomic E-state index is 4.50. The van der Waals surface area contributed by atoms with E-state index in [1.165, 1.54) is 4.88 Å². The predicted molar refractivity (Wildman–Crippen MR) is 89.6 cm³/mol. The van der Waals surface area contributed by atoms with Gasteiger partial charge in [0, 0.05) is 21.5 Å². The molecule has 0 aromatic carbocycles. The first kappa shape index (κ1) is 15.3. The molecular formula is C14H19BrN4S. The van der Waals surface area contributed by atoms with Gasteiger partial charge < -0.3 is 10.6 Å². The Morgan fingerprint density at radius 3 is 2.50 bits per heavy atom. The van der Waals surface area contributed by atoms with Crippen molar-refractivity contribution in [3.8, 4) is 0 Å². The highest BCUT2D eigenvalue weighted by molar-refractivity contribution is 9.10. The molecule has 0 aliphatic carbocycles. The molecule has 0 amide bonds. The molecule has 2 aromatic rings. The fraction of sp³-hybridized carbons (Fsp3) is 0.429. The van der Waals surface area contributed by atoms with E-state index in [0.717, 1.165) is 47.0 Å². The number of aromatic nitrogens is 2. The first-order valence-electron chi connectivity index (χ1n) is 6.66. The molecule has 4 nitrogen and oxygen atoms in total. The van der Waals surface area contributed by atoms with E-state index in [-0.39, 0.29) is 0 Å². The van der Waals surface area contributed by atoms with Crippen LogP contribution in [-0.2, 0) is 6.54 Å². The zero-order valence-corrected chi connectivity index (χ0v) is 14.4. The molecule has 108 valence electrons. The summed E-state index contributed by atoms with van der Waals surface area (Å²) in [6.45, 7) is 7.80. The average Bonchev–Trinajstić information content (AvgIpc) is 2.83. The summed E-state index contributed by atoms with van der Waals surface area (Å²) in [5.41, 5.74) is 1.07. The predicted octanol–water partition coefficient (Wildman–Crippen LogP) is 4.35. The van der Waals surface area contributed by atoms with Crippen LogP contribution < -0.4 is 10.6 Å². The van der Waals surface area contributed by atoms with Crippen LogP contribution in [0.4, 0.5) is 11.6 Å². The van der Waals surface area contributed by atoms with Crippen molar-refractivity contribution >= 4 is 38.9 Å². The van der Waals surface area contributed by atoms with Gasteiger partial charge in [0.2, 0.25) is 0 Å². The van der Waals surface area contributed by atoms with Crippen molar-refractivity contribution in [1.29, 1.82) is 0 Å². The highest BCUT2D eigenvalue weighted by Gasteiger charge is 2.09. The summed E-state index contributed by atoms with van der Waals surface area (Å²) in [7, 11) is 0. The standard InChI is InChI=1S/C14H19BrN4S/c1-4-6-16-13-9(2)14(19-10(3)18-13)17-8-12-11(15)5-7-20-12/h5,7H,4,6,8H2,1-3H3,(H2,16,17,18,19). The van der Waals surface area contributed by atoms with Crippen molar-refractivity contribution in [3.63, 3.8) is 0 Å². The van der Waals surface area contributed by atoms with Crippen molar-refractivity contribution in [2.75, 3.05) is 17.2 Å². The Morgan fingerprint density at radius 1 is 1.20 bits per heavy atom. The van der Waals surface area contributed by atoms with Gasteiger partial charge in [-0.3, -0.25) is 0 Å². The summed E-state index contributed by atoms with van der Waals surface area (Å²) < 4.78 is 1.14. The fourth-order valence-electron chi connectivity index (χ4n) is 1.83. The summed E-state index contributed by atoms with van der Waals surface area (Å²) >= 11 is 5.28. The number of anilines is 2. The van der Waals surface area contributed by atoms with Gasteiger partial charge in [-0.15, -0.1) is 11.3 Å². The van der Waals surface area contributed by atoms with Gasteiger partial charge in [-0.1, -0.05) is 6.92 Å². The lowest BCUT2D eigenvalue weighted by molar-refractivity contribution is 0.943. The molecule has 6 heteroatoms. The SMILES string of the molecule is CCCNc1nc(C)nc(NCc2sccc2Br)c1C. The molecule has 2 aromatic heterocycles. The quantitative estimate of drug-likeness (QED) is 0.809. The minimum Gasteiger partial charge on any atom is -0.370 e. The number of nitrogens with zero attached hydrogens (tertiary/aromatic N) is 2. The lowest BCUT2D eigenvalue weighted by Crippen LogP contribution is -2.10. The minimum absolute atomic E-state index is 0.767. The third-order valence-corrected chi connectivity index (χ3v) is 4.83. The molecule has 0 spiro atoms. The van der Waals surface area contributed by atoms with Crippen molar-refractivity contribution in [2.24, 2.45) is 0 Å². The Hall–Kier alpha value is -1.14. The second kappa shape index (κ2) is 7.04. The van der Waals surface area contributed by atoms with E-state index in [9.17, 15) is 0 Å². The van der Waals surface area contributed by atoms with Crippen molar-refractivity contribution < 1.29 is 0 Å². The second-order valence-electron chi connectivity index (χ2n) is 4.57. The monoisotopic (exact) mass is 354 g/mol. The van der Waals surface area contributed by atoms with E-state index in [0.29, 0.717) is 0 Å². The number of hydrogen-bond acceptors (Lipinski definition) is 5. The van der Waals surface area contributed by atoms with Gasteiger partial charge in [0.05, 0.1) is 6.54 Å². The molecule has 0 radical (unpaired) electrons. The van der Waals surface area contributed by atoms with Gasteiger partial charge in [-0.25, -0.2) is 9.97 Å². The maximum atomic E-state index is 4.50. The van der Waals surface area contributed by atoms with Crippen molar-refractivity contribution in [2.45, 2.75) is 33.7 Å². The normalized spacial score (nSPS) is 10.6. The first-order valence-corrected chi connectivity index (χ1v) is 8.34. The molecule has 2 N–H and O–H groups in total. The molecule has 0 bridgehead atoms. The number of rotatable bonds is 6. The van der Waals surface area contributed by atoms with E-state index in [1.807, 2.05) is 13.8 Å². The van der Waals surface area contributed by atoms with Crippen molar-refractivity contribution in [3.05, 3.63) is 32.2 Å². The molecule has 0 unspecified atom stereocenters. The van der Waals surface area contributed by atoms with Crippen LogP contribution in [0.1, 0.15) is 29.6 Å². The van der Waals surface area contributed by atoms with Gasteiger partial charge in [0.25, 0.3) is 0 Å². The number of nitrogens with one attached hydrogen (secondary N) is 2. The van der Waals surface area contributed by atoms with Crippen LogP contribution in [0.5, 0.6) is 0 Å². The van der Waals surface area contributed by atoms with Crippen LogP contribution in [-0.4, -0.2) is 16.5 Å². The maximum Gasteiger partial charge on any atom is 0.135 e.